The molecule has 0 aliphatic rings. The van der Waals surface area contributed by atoms with Gasteiger partial charge in [-0.3, -0.25) is 9.48 Å². The highest BCUT2D eigenvalue weighted by Gasteiger charge is 2.15. The van der Waals surface area contributed by atoms with Crippen molar-refractivity contribution in [3.8, 4) is 0 Å². The molecule has 0 atom stereocenters. The van der Waals surface area contributed by atoms with E-state index in [4.69, 9.17) is 23.2 Å². The minimum Gasteiger partial charge on any atom is -0.321 e. The SMILES string of the molecule is Cn1ncc(Cl)c1C(=O)Nc1ccc(Cl)cc1. The lowest BCUT2D eigenvalue weighted by Gasteiger charge is -2.05. The largest absolute Gasteiger partial charge is 0.321 e. The Morgan fingerprint density at radius 2 is 1.94 bits per heavy atom. The predicted molar refractivity (Wildman–Crippen MR) is 67.6 cm³/mol. The second-order valence-corrected chi connectivity index (χ2v) is 4.27. The molecule has 1 amide bonds. The number of anilines is 1. The van der Waals surface area contributed by atoms with E-state index in [1.54, 1.807) is 31.3 Å². The van der Waals surface area contributed by atoms with E-state index in [1.165, 1.54) is 10.9 Å². The van der Waals surface area contributed by atoms with E-state index in [9.17, 15) is 4.79 Å². The average molecular weight is 270 g/mol. The third-order valence-electron chi connectivity index (χ3n) is 2.21. The van der Waals surface area contributed by atoms with Gasteiger partial charge in [-0.15, -0.1) is 0 Å². The van der Waals surface area contributed by atoms with Gasteiger partial charge in [0.2, 0.25) is 0 Å². The Labute approximate surface area is 108 Å². The molecule has 0 spiro atoms. The highest BCUT2D eigenvalue weighted by atomic mass is 35.5. The van der Waals surface area contributed by atoms with Crippen LogP contribution in [0.2, 0.25) is 10.0 Å². The molecule has 1 heterocycles. The molecule has 0 fully saturated rings. The normalized spacial score (nSPS) is 10.3. The summed E-state index contributed by atoms with van der Waals surface area (Å²) in [5, 5.41) is 7.54. The van der Waals surface area contributed by atoms with Gasteiger partial charge >= 0.3 is 0 Å². The number of carbonyl (C=O) groups excluding carboxylic acids is 1. The molecule has 2 rings (SSSR count). The van der Waals surface area contributed by atoms with E-state index in [0.29, 0.717) is 21.4 Å². The number of halogens is 2. The van der Waals surface area contributed by atoms with Gasteiger partial charge < -0.3 is 5.32 Å². The number of hydrogen-bond donors (Lipinski definition) is 1. The van der Waals surface area contributed by atoms with Crippen LogP contribution in [0.1, 0.15) is 10.5 Å². The molecule has 0 saturated heterocycles. The minimum atomic E-state index is -0.308. The van der Waals surface area contributed by atoms with Crippen molar-refractivity contribution in [1.82, 2.24) is 9.78 Å². The Balaban J connectivity index is 2.20. The molecule has 0 aliphatic carbocycles. The van der Waals surface area contributed by atoms with Crippen molar-refractivity contribution in [2.45, 2.75) is 0 Å². The average Bonchev–Trinajstić information content (AvgIpc) is 2.62. The maximum Gasteiger partial charge on any atom is 0.275 e. The zero-order valence-electron chi connectivity index (χ0n) is 8.95. The molecule has 17 heavy (non-hydrogen) atoms. The number of rotatable bonds is 2. The monoisotopic (exact) mass is 269 g/mol. The van der Waals surface area contributed by atoms with E-state index in [1.807, 2.05) is 0 Å². The van der Waals surface area contributed by atoms with Crippen molar-refractivity contribution >= 4 is 34.8 Å². The summed E-state index contributed by atoms with van der Waals surface area (Å²) in [7, 11) is 1.66. The first-order chi connectivity index (χ1) is 8.08. The Morgan fingerprint density at radius 1 is 1.29 bits per heavy atom. The number of nitrogens with one attached hydrogen (secondary N) is 1. The van der Waals surface area contributed by atoms with E-state index in [0.717, 1.165) is 0 Å². The van der Waals surface area contributed by atoms with Crippen molar-refractivity contribution < 1.29 is 4.79 Å². The third-order valence-corrected chi connectivity index (χ3v) is 2.74. The maximum absolute atomic E-state index is 11.9. The van der Waals surface area contributed by atoms with Gasteiger partial charge in [-0.2, -0.15) is 5.10 Å². The summed E-state index contributed by atoms with van der Waals surface area (Å²) in [4.78, 5) is 11.9. The summed E-state index contributed by atoms with van der Waals surface area (Å²) in [6.45, 7) is 0. The number of aromatic nitrogens is 2. The van der Waals surface area contributed by atoms with Crippen LogP contribution < -0.4 is 5.32 Å². The molecule has 6 heteroatoms. The van der Waals surface area contributed by atoms with Crippen LogP contribution in [0, 0.1) is 0 Å². The van der Waals surface area contributed by atoms with Gasteiger partial charge in [0.1, 0.15) is 5.69 Å². The molecule has 2 aromatic rings. The summed E-state index contributed by atoms with van der Waals surface area (Å²) < 4.78 is 1.42. The lowest BCUT2D eigenvalue weighted by atomic mass is 10.3. The van der Waals surface area contributed by atoms with Gasteiger partial charge in [0.15, 0.2) is 0 Å². The highest BCUT2D eigenvalue weighted by molar-refractivity contribution is 6.34. The number of benzene rings is 1. The van der Waals surface area contributed by atoms with Crippen LogP contribution in [0.5, 0.6) is 0 Å². The molecule has 0 radical (unpaired) electrons. The number of aryl methyl sites for hydroxylation is 1. The lowest BCUT2D eigenvalue weighted by molar-refractivity contribution is 0.101. The molecule has 1 N–H and O–H groups in total. The summed E-state index contributed by atoms with van der Waals surface area (Å²) >= 11 is 11.6. The van der Waals surface area contributed by atoms with Crippen molar-refractivity contribution in [2.75, 3.05) is 5.32 Å². The molecule has 0 aliphatic heterocycles. The highest BCUT2D eigenvalue weighted by Crippen LogP contribution is 2.18. The third kappa shape index (κ3) is 2.60. The summed E-state index contributed by atoms with van der Waals surface area (Å²) in [6, 6.07) is 6.82. The van der Waals surface area contributed by atoms with Crippen LogP contribution in [0.15, 0.2) is 30.5 Å². The van der Waals surface area contributed by atoms with Crippen LogP contribution in [0.25, 0.3) is 0 Å². The molecule has 4 nitrogen and oxygen atoms in total. The Morgan fingerprint density at radius 3 is 2.47 bits per heavy atom. The molecule has 0 unspecified atom stereocenters. The van der Waals surface area contributed by atoms with E-state index < -0.39 is 0 Å². The van der Waals surface area contributed by atoms with Gasteiger partial charge in [0, 0.05) is 17.8 Å². The minimum absolute atomic E-state index is 0.308. The number of nitrogens with zero attached hydrogens (tertiary/aromatic N) is 2. The second-order valence-electron chi connectivity index (χ2n) is 3.43. The molecule has 0 bridgehead atoms. The first-order valence-electron chi connectivity index (χ1n) is 4.82. The summed E-state index contributed by atoms with van der Waals surface area (Å²) in [6.07, 6.45) is 1.43. The van der Waals surface area contributed by atoms with Gasteiger partial charge in [-0.05, 0) is 24.3 Å². The van der Waals surface area contributed by atoms with Crippen LogP contribution in [0.4, 0.5) is 5.69 Å². The fourth-order valence-electron chi connectivity index (χ4n) is 1.39. The lowest BCUT2D eigenvalue weighted by Crippen LogP contribution is -2.16. The zero-order chi connectivity index (χ0) is 12.4. The molecule has 1 aromatic carbocycles. The number of carbonyl (C=O) groups is 1. The topological polar surface area (TPSA) is 46.9 Å². The number of amides is 1. The van der Waals surface area contributed by atoms with Crippen LogP contribution in [0.3, 0.4) is 0 Å². The fraction of sp³-hybridized carbons (Fsp3) is 0.0909. The quantitative estimate of drug-likeness (QED) is 0.911. The maximum atomic E-state index is 11.9. The van der Waals surface area contributed by atoms with Crippen LogP contribution in [-0.4, -0.2) is 15.7 Å². The Bertz CT molecular complexity index is 529. The van der Waals surface area contributed by atoms with E-state index >= 15 is 0 Å². The predicted octanol–water partition coefficient (Wildman–Crippen LogP) is 2.98. The van der Waals surface area contributed by atoms with Crippen molar-refractivity contribution in [3.63, 3.8) is 0 Å². The Kier molecular flexibility index (Phi) is 3.36. The molecular formula is C11H9Cl2N3O. The van der Waals surface area contributed by atoms with Gasteiger partial charge in [-0.1, -0.05) is 23.2 Å². The van der Waals surface area contributed by atoms with Crippen molar-refractivity contribution in [1.29, 1.82) is 0 Å². The smallest absolute Gasteiger partial charge is 0.275 e. The standard InChI is InChI=1S/C11H9Cl2N3O/c1-16-10(9(13)6-14-16)11(17)15-8-4-2-7(12)3-5-8/h2-6H,1H3,(H,15,17). The fourth-order valence-corrected chi connectivity index (χ4v) is 1.77. The number of hydrogen-bond acceptors (Lipinski definition) is 2. The first-order valence-corrected chi connectivity index (χ1v) is 5.58. The van der Waals surface area contributed by atoms with Crippen LogP contribution in [-0.2, 0) is 7.05 Å². The molecular weight excluding hydrogens is 261 g/mol. The Hall–Kier alpha value is -1.52. The molecule has 0 saturated carbocycles. The second kappa shape index (κ2) is 4.77. The first kappa shape index (κ1) is 12.0. The van der Waals surface area contributed by atoms with Crippen LogP contribution >= 0.6 is 23.2 Å². The summed E-state index contributed by atoms with van der Waals surface area (Å²) in [5.74, 6) is -0.308. The van der Waals surface area contributed by atoms with E-state index in [-0.39, 0.29) is 5.91 Å². The van der Waals surface area contributed by atoms with Crippen molar-refractivity contribution in [3.05, 3.63) is 46.2 Å². The molecule has 1 aromatic heterocycles. The zero-order valence-corrected chi connectivity index (χ0v) is 10.5. The summed E-state index contributed by atoms with van der Waals surface area (Å²) in [5.41, 5.74) is 0.971. The molecule has 88 valence electrons. The van der Waals surface area contributed by atoms with Crippen molar-refractivity contribution in [2.24, 2.45) is 7.05 Å². The van der Waals surface area contributed by atoms with Gasteiger partial charge in [0.05, 0.1) is 11.2 Å². The van der Waals surface area contributed by atoms with Gasteiger partial charge in [-0.25, -0.2) is 0 Å². The van der Waals surface area contributed by atoms with Gasteiger partial charge in [0.25, 0.3) is 5.91 Å². The van der Waals surface area contributed by atoms with E-state index in [2.05, 4.69) is 10.4 Å².